The van der Waals surface area contributed by atoms with Gasteiger partial charge in [-0.3, -0.25) is 9.71 Å². The van der Waals surface area contributed by atoms with Gasteiger partial charge in [0.15, 0.2) is 0 Å². The van der Waals surface area contributed by atoms with Gasteiger partial charge in [0.2, 0.25) is 0 Å². The van der Waals surface area contributed by atoms with Gasteiger partial charge in [-0.25, -0.2) is 13.2 Å². The molecule has 9 heteroatoms. The van der Waals surface area contributed by atoms with Gasteiger partial charge in [0, 0.05) is 34.7 Å². The molecular weight excluding hydrogens is 539 g/mol. The molecule has 0 atom stereocenters. The van der Waals surface area contributed by atoms with Crippen LogP contribution in [0.4, 0.5) is 16.2 Å². The van der Waals surface area contributed by atoms with Gasteiger partial charge in [0.05, 0.1) is 4.90 Å². The number of sulfonamides is 1. The highest BCUT2D eigenvalue weighted by atomic mass is 127. The highest BCUT2D eigenvalue weighted by Crippen LogP contribution is 2.28. The van der Waals surface area contributed by atoms with Crippen LogP contribution in [0.15, 0.2) is 78.0 Å². The number of aromatic nitrogens is 1. The summed E-state index contributed by atoms with van der Waals surface area (Å²) < 4.78 is 29.2. The molecule has 7 nitrogen and oxygen atoms in total. The summed E-state index contributed by atoms with van der Waals surface area (Å²) in [5.41, 5.74) is 2.87. The van der Waals surface area contributed by atoms with Crippen LogP contribution in [0.2, 0.25) is 0 Å². The van der Waals surface area contributed by atoms with E-state index in [1.165, 1.54) is 12.1 Å². The van der Waals surface area contributed by atoms with Gasteiger partial charge in [-0.1, -0.05) is 54.6 Å². The summed E-state index contributed by atoms with van der Waals surface area (Å²) >= 11 is 2.33. The Morgan fingerprint density at radius 3 is 2.44 bits per heavy atom. The Morgan fingerprint density at radius 1 is 1.03 bits per heavy atom. The second-order valence-electron chi connectivity index (χ2n) is 7.90. The molecule has 0 fully saturated rings. The van der Waals surface area contributed by atoms with Crippen LogP contribution in [-0.4, -0.2) is 23.9 Å². The number of anilines is 2. The van der Waals surface area contributed by atoms with Crippen LogP contribution in [-0.2, 0) is 22.0 Å². The number of hydrogen-bond donors (Lipinski definition) is 3. The van der Waals surface area contributed by atoms with Crippen LogP contribution >= 0.6 is 22.6 Å². The highest BCUT2D eigenvalue weighted by molar-refractivity contribution is 14.1. The maximum atomic E-state index is 12.8. The van der Waals surface area contributed by atoms with Crippen molar-refractivity contribution in [3.8, 4) is 0 Å². The number of carbonyl (C=O) groups excluding carboxylic acids is 1. The quantitative estimate of drug-likeness (QED) is 0.267. The van der Waals surface area contributed by atoms with E-state index in [1.807, 2.05) is 24.3 Å². The summed E-state index contributed by atoms with van der Waals surface area (Å²) in [5.74, 6) is 0. The maximum absolute atomic E-state index is 12.8. The molecule has 0 bridgehead atoms. The smallest absolute Gasteiger partial charge is 0.319 e. The molecule has 168 valence electrons. The molecule has 0 aliphatic rings. The predicted octanol–water partition coefficient (Wildman–Crippen LogP) is 4.92. The van der Waals surface area contributed by atoms with Crippen LogP contribution < -0.4 is 15.4 Å². The van der Waals surface area contributed by atoms with Crippen molar-refractivity contribution in [3.05, 3.63) is 84.2 Å². The fourth-order valence-corrected chi connectivity index (χ4v) is 4.36. The third-order valence-corrected chi connectivity index (χ3v) is 8.13. The van der Waals surface area contributed by atoms with Crippen LogP contribution in [0.25, 0.3) is 0 Å². The van der Waals surface area contributed by atoms with E-state index in [1.54, 1.807) is 36.7 Å². The zero-order valence-electron chi connectivity index (χ0n) is 17.8. The second kappa shape index (κ2) is 10.3. The van der Waals surface area contributed by atoms with Gasteiger partial charge in [0.25, 0.3) is 10.0 Å². The lowest BCUT2D eigenvalue weighted by molar-refractivity contribution is 0.251. The standard InChI is InChI=1S/C23H25IN4O3S/c1-23(2,16-24)18-6-3-7-20(13-18)28-32(30,31)21-10-8-19(9-11-21)27-22(29)26-15-17-5-4-12-25-14-17/h3-14,28H,15-16H2,1-2H3,(H2,26,27,29). The lowest BCUT2D eigenvalue weighted by Gasteiger charge is -2.23. The number of hydrogen-bond acceptors (Lipinski definition) is 4. The third kappa shape index (κ3) is 6.42. The lowest BCUT2D eigenvalue weighted by atomic mass is 9.87. The number of carbonyl (C=O) groups is 1. The molecular formula is C23H25IN4O3S. The third-order valence-electron chi connectivity index (χ3n) is 4.83. The number of urea groups is 1. The van der Waals surface area contributed by atoms with Crippen molar-refractivity contribution in [2.75, 3.05) is 14.5 Å². The Balaban J connectivity index is 1.63. The minimum Gasteiger partial charge on any atom is -0.334 e. The van der Waals surface area contributed by atoms with E-state index in [2.05, 4.69) is 56.8 Å². The first-order valence-electron chi connectivity index (χ1n) is 9.93. The molecule has 3 N–H and O–H groups in total. The molecule has 0 spiro atoms. The average Bonchev–Trinajstić information content (AvgIpc) is 2.78. The summed E-state index contributed by atoms with van der Waals surface area (Å²) in [5, 5.41) is 5.41. The number of rotatable bonds is 8. The summed E-state index contributed by atoms with van der Waals surface area (Å²) in [4.78, 5) is 16.2. The summed E-state index contributed by atoms with van der Waals surface area (Å²) in [6.45, 7) is 4.57. The molecule has 32 heavy (non-hydrogen) atoms. The van der Waals surface area contributed by atoms with Crippen molar-refractivity contribution in [1.29, 1.82) is 0 Å². The van der Waals surface area contributed by atoms with E-state index >= 15 is 0 Å². The van der Waals surface area contributed by atoms with E-state index in [4.69, 9.17) is 0 Å². The largest absolute Gasteiger partial charge is 0.334 e. The Kier molecular flexibility index (Phi) is 7.73. The lowest BCUT2D eigenvalue weighted by Crippen LogP contribution is -2.28. The first-order valence-corrected chi connectivity index (χ1v) is 12.9. The zero-order valence-corrected chi connectivity index (χ0v) is 20.8. The van der Waals surface area contributed by atoms with Crippen molar-refractivity contribution in [2.45, 2.75) is 30.7 Å². The Hall–Kier alpha value is -2.66. The minimum atomic E-state index is -3.76. The molecule has 3 aromatic rings. The maximum Gasteiger partial charge on any atom is 0.319 e. The van der Waals surface area contributed by atoms with Crippen LogP contribution in [0, 0.1) is 0 Å². The molecule has 0 saturated heterocycles. The number of nitrogens with zero attached hydrogens (tertiary/aromatic N) is 1. The predicted molar refractivity (Wildman–Crippen MR) is 136 cm³/mol. The normalized spacial score (nSPS) is 11.6. The summed E-state index contributed by atoms with van der Waals surface area (Å²) in [6.07, 6.45) is 3.34. The second-order valence-corrected chi connectivity index (χ2v) is 10.3. The van der Waals surface area contributed by atoms with Crippen LogP contribution in [0.1, 0.15) is 25.0 Å². The van der Waals surface area contributed by atoms with Gasteiger partial charge in [-0.05, 0) is 59.0 Å². The number of halogens is 1. The Morgan fingerprint density at radius 2 is 1.78 bits per heavy atom. The molecule has 0 radical (unpaired) electrons. The van der Waals surface area contributed by atoms with Crippen LogP contribution in [0.5, 0.6) is 0 Å². The number of benzene rings is 2. The molecule has 2 aromatic carbocycles. The molecule has 0 saturated carbocycles. The van der Waals surface area contributed by atoms with Crippen LogP contribution in [0.3, 0.4) is 0 Å². The number of amides is 2. The fourth-order valence-electron chi connectivity index (χ4n) is 2.87. The van der Waals surface area contributed by atoms with Gasteiger partial charge in [0.1, 0.15) is 0 Å². The van der Waals surface area contributed by atoms with E-state index in [0.29, 0.717) is 17.9 Å². The van der Waals surface area contributed by atoms with E-state index in [9.17, 15) is 13.2 Å². The first kappa shape index (κ1) is 24.0. The number of alkyl halides is 1. The molecule has 2 amide bonds. The van der Waals surface area contributed by atoms with E-state index < -0.39 is 16.1 Å². The number of nitrogens with one attached hydrogen (secondary N) is 3. The van der Waals surface area contributed by atoms with E-state index in [0.717, 1.165) is 15.6 Å². The van der Waals surface area contributed by atoms with Crippen molar-refractivity contribution >= 4 is 50.0 Å². The fraction of sp³-hybridized carbons (Fsp3) is 0.217. The Bertz CT molecular complexity index is 1170. The highest BCUT2D eigenvalue weighted by Gasteiger charge is 2.20. The average molecular weight is 564 g/mol. The molecule has 3 rings (SSSR count). The van der Waals surface area contributed by atoms with Crippen molar-refractivity contribution in [1.82, 2.24) is 10.3 Å². The first-order chi connectivity index (χ1) is 15.2. The van der Waals surface area contributed by atoms with Gasteiger partial charge < -0.3 is 10.6 Å². The molecule has 1 aromatic heterocycles. The summed E-state index contributed by atoms with van der Waals surface area (Å²) in [7, 11) is -3.76. The van der Waals surface area contributed by atoms with Crippen molar-refractivity contribution in [3.63, 3.8) is 0 Å². The van der Waals surface area contributed by atoms with Crippen molar-refractivity contribution in [2.24, 2.45) is 0 Å². The molecule has 0 unspecified atom stereocenters. The van der Waals surface area contributed by atoms with Gasteiger partial charge in [-0.15, -0.1) is 0 Å². The minimum absolute atomic E-state index is 0.0626. The monoisotopic (exact) mass is 564 g/mol. The SMILES string of the molecule is CC(C)(CI)c1cccc(NS(=O)(=O)c2ccc(NC(=O)NCc3cccnc3)cc2)c1. The topological polar surface area (TPSA) is 100 Å². The number of pyridine rings is 1. The molecule has 1 heterocycles. The molecule has 0 aliphatic heterocycles. The molecule has 0 aliphatic carbocycles. The van der Waals surface area contributed by atoms with Gasteiger partial charge >= 0.3 is 6.03 Å². The Labute approximate surface area is 202 Å². The van der Waals surface area contributed by atoms with Crippen molar-refractivity contribution < 1.29 is 13.2 Å². The zero-order chi connectivity index (χ0) is 23.2. The summed E-state index contributed by atoms with van der Waals surface area (Å²) in [6, 6.07) is 16.7. The van der Waals surface area contributed by atoms with Gasteiger partial charge in [-0.2, -0.15) is 0 Å². The van der Waals surface area contributed by atoms with E-state index in [-0.39, 0.29) is 10.3 Å².